The highest BCUT2D eigenvalue weighted by Crippen LogP contribution is 2.42. The summed E-state index contributed by atoms with van der Waals surface area (Å²) < 4.78 is 18.0. The van der Waals surface area contributed by atoms with Gasteiger partial charge in [0.25, 0.3) is 11.8 Å². The van der Waals surface area contributed by atoms with Gasteiger partial charge in [-0.2, -0.15) is 5.10 Å². The van der Waals surface area contributed by atoms with Crippen LogP contribution in [0, 0.1) is 0 Å². The van der Waals surface area contributed by atoms with E-state index in [0.29, 0.717) is 28.9 Å². The minimum absolute atomic E-state index is 0.0920. The van der Waals surface area contributed by atoms with Gasteiger partial charge in [0, 0.05) is 19.0 Å². The zero-order valence-electron chi connectivity index (χ0n) is 21.5. The van der Waals surface area contributed by atoms with Crippen LogP contribution in [0.15, 0.2) is 68.8 Å². The van der Waals surface area contributed by atoms with E-state index >= 15 is 0 Å². The van der Waals surface area contributed by atoms with E-state index in [1.54, 1.807) is 49.3 Å². The van der Waals surface area contributed by atoms with Crippen LogP contribution in [0.5, 0.6) is 11.5 Å². The molecule has 5 rings (SSSR count). The molecule has 39 heavy (non-hydrogen) atoms. The maximum Gasteiger partial charge on any atom is 0.287 e. The van der Waals surface area contributed by atoms with Gasteiger partial charge in [0.1, 0.15) is 0 Å². The number of nitrogens with one attached hydrogen (secondary N) is 1. The van der Waals surface area contributed by atoms with Crippen LogP contribution in [-0.4, -0.2) is 57.3 Å². The zero-order valence-corrected chi connectivity index (χ0v) is 23.1. The van der Waals surface area contributed by atoms with Crippen molar-refractivity contribution in [3.8, 4) is 11.5 Å². The highest BCUT2D eigenvalue weighted by molar-refractivity contribution is 7.99. The van der Waals surface area contributed by atoms with Crippen molar-refractivity contribution in [1.82, 2.24) is 25.1 Å². The highest BCUT2D eigenvalue weighted by atomic mass is 32.2. The van der Waals surface area contributed by atoms with Crippen molar-refractivity contribution < 1.29 is 23.5 Å². The Morgan fingerprint density at radius 2 is 2.03 bits per heavy atom. The Hall–Kier alpha value is -4.10. The lowest BCUT2D eigenvalue weighted by Gasteiger charge is -2.24. The number of methoxy groups -OCH3 is 2. The molecule has 0 bridgehead atoms. The van der Waals surface area contributed by atoms with Gasteiger partial charge in [-0.1, -0.05) is 30.0 Å². The van der Waals surface area contributed by atoms with Gasteiger partial charge >= 0.3 is 0 Å². The SMILES string of the molecule is COc1cccc([C@H]2CC(c3cccs3)=NN2C(=O)CSc2nnc(CNC(=O)c3ccco3)n2C)c1OC. The molecular weight excluding hydrogens is 540 g/mol. The van der Waals surface area contributed by atoms with Crippen molar-refractivity contribution in [2.45, 2.75) is 24.2 Å². The number of hydrogen-bond donors (Lipinski definition) is 1. The fourth-order valence-electron chi connectivity index (χ4n) is 4.22. The molecule has 1 N–H and O–H groups in total. The largest absolute Gasteiger partial charge is 0.493 e. The molecule has 13 heteroatoms. The summed E-state index contributed by atoms with van der Waals surface area (Å²) in [5, 5.41) is 19.9. The predicted octanol–water partition coefficient (Wildman–Crippen LogP) is 3.89. The number of aromatic nitrogens is 3. The van der Waals surface area contributed by atoms with Crippen LogP contribution in [0.3, 0.4) is 0 Å². The minimum atomic E-state index is -0.355. The average molecular weight is 567 g/mol. The Bertz CT molecular complexity index is 1480. The van der Waals surface area contributed by atoms with E-state index in [9.17, 15) is 9.59 Å². The summed E-state index contributed by atoms with van der Waals surface area (Å²) in [7, 11) is 4.96. The Morgan fingerprint density at radius 1 is 1.15 bits per heavy atom. The minimum Gasteiger partial charge on any atom is -0.493 e. The first-order valence-electron chi connectivity index (χ1n) is 12.0. The number of hydrogen-bond acceptors (Lipinski definition) is 10. The van der Waals surface area contributed by atoms with Gasteiger partial charge in [0.2, 0.25) is 0 Å². The number of benzene rings is 1. The molecule has 0 aliphatic carbocycles. The molecule has 0 spiro atoms. The number of furan rings is 1. The first-order valence-corrected chi connectivity index (χ1v) is 13.8. The molecule has 0 unspecified atom stereocenters. The van der Waals surface area contributed by atoms with E-state index in [4.69, 9.17) is 19.0 Å². The Kier molecular flexibility index (Phi) is 7.98. The molecule has 4 heterocycles. The monoisotopic (exact) mass is 566 g/mol. The Balaban J connectivity index is 1.31. The van der Waals surface area contributed by atoms with Crippen LogP contribution in [0.25, 0.3) is 0 Å². The lowest BCUT2D eigenvalue weighted by molar-refractivity contribution is -0.130. The van der Waals surface area contributed by atoms with E-state index in [1.165, 1.54) is 23.0 Å². The van der Waals surface area contributed by atoms with Gasteiger partial charge in [-0.05, 0) is 29.6 Å². The van der Waals surface area contributed by atoms with E-state index in [-0.39, 0.29) is 35.9 Å². The number of carbonyl (C=O) groups is 2. The normalized spacial score (nSPS) is 14.8. The molecule has 1 atom stereocenters. The van der Waals surface area contributed by atoms with E-state index < -0.39 is 0 Å². The molecule has 202 valence electrons. The number of thiophene rings is 1. The topological polar surface area (TPSA) is 124 Å². The third-order valence-corrected chi connectivity index (χ3v) is 8.09. The second-order valence-electron chi connectivity index (χ2n) is 8.47. The molecule has 0 radical (unpaired) electrons. The van der Waals surface area contributed by atoms with Crippen LogP contribution in [0.4, 0.5) is 0 Å². The van der Waals surface area contributed by atoms with Gasteiger partial charge in [-0.25, -0.2) is 5.01 Å². The van der Waals surface area contributed by atoms with Gasteiger partial charge < -0.3 is 23.8 Å². The number of carbonyl (C=O) groups excluding carboxylic acids is 2. The van der Waals surface area contributed by atoms with Crippen molar-refractivity contribution in [3.05, 3.63) is 76.1 Å². The molecule has 0 saturated heterocycles. The average Bonchev–Trinajstić information content (AvgIpc) is 3.77. The molecule has 11 nitrogen and oxygen atoms in total. The van der Waals surface area contributed by atoms with Crippen molar-refractivity contribution in [2.75, 3.05) is 20.0 Å². The van der Waals surface area contributed by atoms with E-state index in [0.717, 1.165) is 16.2 Å². The first kappa shape index (κ1) is 26.5. The van der Waals surface area contributed by atoms with Crippen LogP contribution < -0.4 is 14.8 Å². The summed E-state index contributed by atoms with van der Waals surface area (Å²) in [6.07, 6.45) is 1.98. The van der Waals surface area contributed by atoms with E-state index in [1.807, 2.05) is 35.7 Å². The standard InChI is InChI=1S/C26H26N6O5S2/c1-31-22(14-27-25(34)20-9-5-11-37-20)28-29-26(31)39-15-23(33)32-18(13-17(30-32)21-10-6-12-38-21)16-7-4-8-19(35-2)24(16)36-3/h4-12,18H,13-15H2,1-3H3,(H,27,34)/t18-/m1/s1. The lowest BCUT2D eigenvalue weighted by atomic mass is 9.99. The third-order valence-electron chi connectivity index (χ3n) is 6.17. The summed E-state index contributed by atoms with van der Waals surface area (Å²) >= 11 is 2.83. The molecule has 1 aromatic carbocycles. The molecular formula is C26H26N6O5S2. The molecule has 3 aromatic heterocycles. The number of ether oxygens (including phenoxy) is 2. The van der Waals surface area contributed by atoms with Crippen molar-refractivity contribution in [2.24, 2.45) is 12.1 Å². The number of nitrogens with zero attached hydrogens (tertiary/aromatic N) is 5. The van der Waals surface area contributed by atoms with Crippen LogP contribution in [-0.2, 0) is 18.4 Å². The van der Waals surface area contributed by atoms with Crippen molar-refractivity contribution in [1.29, 1.82) is 0 Å². The molecule has 1 aliphatic heterocycles. The second kappa shape index (κ2) is 11.7. The van der Waals surface area contributed by atoms with E-state index in [2.05, 4.69) is 15.5 Å². The quantitative estimate of drug-likeness (QED) is 0.287. The van der Waals surface area contributed by atoms with Crippen LogP contribution in [0.2, 0.25) is 0 Å². The van der Waals surface area contributed by atoms with Gasteiger partial charge in [0.05, 0.1) is 49.4 Å². The van der Waals surface area contributed by atoms with Gasteiger partial charge in [-0.3, -0.25) is 9.59 Å². The number of rotatable bonds is 10. The smallest absolute Gasteiger partial charge is 0.287 e. The number of hydrazone groups is 1. The third kappa shape index (κ3) is 5.54. The molecule has 0 saturated carbocycles. The van der Waals surface area contributed by atoms with Crippen LogP contribution >= 0.6 is 23.1 Å². The zero-order chi connectivity index (χ0) is 27.4. The second-order valence-corrected chi connectivity index (χ2v) is 10.4. The maximum atomic E-state index is 13.5. The number of amides is 2. The molecule has 0 fully saturated rings. The predicted molar refractivity (Wildman–Crippen MR) is 146 cm³/mol. The Morgan fingerprint density at radius 3 is 2.74 bits per heavy atom. The highest BCUT2D eigenvalue weighted by Gasteiger charge is 2.36. The summed E-state index contributed by atoms with van der Waals surface area (Å²) in [5.74, 6) is 1.49. The molecule has 2 amide bonds. The van der Waals surface area contributed by atoms with Crippen LogP contribution in [0.1, 0.15) is 39.3 Å². The summed E-state index contributed by atoms with van der Waals surface area (Å²) in [6.45, 7) is 0.163. The summed E-state index contributed by atoms with van der Waals surface area (Å²) in [4.78, 5) is 26.7. The summed E-state index contributed by atoms with van der Waals surface area (Å²) in [5.41, 5.74) is 1.66. The summed E-state index contributed by atoms with van der Waals surface area (Å²) in [6, 6.07) is 12.5. The molecule has 4 aromatic rings. The first-order chi connectivity index (χ1) is 19.0. The molecule has 1 aliphatic rings. The number of thioether (sulfide) groups is 1. The lowest BCUT2D eigenvalue weighted by Crippen LogP contribution is -2.29. The number of para-hydroxylation sites is 1. The Labute approximate surface area is 232 Å². The fourth-order valence-corrected chi connectivity index (χ4v) is 5.72. The van der Waals surface area contributed by atoms with Crippen molar-refractivity contribution in [3.63, 3.8) is 0 Å². The maximum absolute atomic E-state index is 13.5. The van der Waals surface area contributed by atoms with Crippen molar-refractivity contribution >= 4 is 40.6 Å². The fraction of sp³-hybridized carbons (Fsp3) is 0.269. The van der Waals surface area contributed by atoms with Gasteiger partial charge in [0.15, 0.2) is 28.2 Å². The van der Waals surface area contributed by atoms with Gasteiger partial charge in [-0.15, -0.1) is 21.5 Å².